The molecule has 1 aliphatic rings. The molecule has 1 saturated carbocycles. The Hall–Kier alpha value is -3.81. The number of aromatic nitrogens is 4. The van der Waals surface area contributed by atoms with E-state index in [4.69, 9.17) is 10.7 Å². The predicted molar refractivity (Wildman–Crippen MR) is 135 cm³/mol. The molecule has 4 aromatic rings. The number of hydrogen-bond donors (Lipinski definition) is 2. The van der Waals surface area contributed by atoms with Gasteiger partial charge in [0.2, 0.25) is 0 Å². The molecule has 1 aliphatic carbocycles. The SMILES string of the molecule is CCCc1ccnc(NC(=O)c2ccc(-c3nc(C4CCCCC4)n4ccnc(N)c34)cc2F)c1. The Morgan fingerprint density at radius 2 is 1.97 bits per heavy atom. The number of rotatable bonds is 6. The molecule has 3 N–H and O–H groups in total. The number of halogens is 1. The van der Waals surface area contributed by atoms with E-state index in [1.165, 1.54) is 31.4 Å². The third-order valence-corrected chi connectivity index (χ3v) is 6.67. The summed E-state index contributed by atoms with van der Waals surface area (Å²) >= 11 is 0. The molecule has 0 unspecified atom stereocenters. The van der Waals surface area contributed by atoms with E-state index in [9.17, 15) is 4.79 Å². The fraction of sp³-hybridized carbons (Fsp3) is 0.333. The molecule has 35 heavy (non-hydrogen) atoms. The molecular weight excluding hydrogens is 443 g/mol. The molecule has 0 radical (unpaired) electrons. The molecule has 7 nitrogen and oxygen atoms in total. The molecule has 0 bridgehead atoms. The molecule has 0 saturated heterocycles. The normalized spacial score (nSPS) is 14.3. The summed E-state index contributed by atoms with van der Waals surface area (Å²) in [6, 6.07) is 8.25. The molecule has 180 valence electrons. The minimum atomic E-state index is -0.632. The van der Waals surface area contributed by atoms with Crippen molar-refractivity contribution in [1.82, 2.24) is 19.4 Å². The van der Waals surface area contributed by atoms with Crippen molar-refractivity contribution in [3.05, 3.63) is 71.7 Å². The third-order valence-electron chi connectivity index (χ3n) is 6.67. The zero-order chi connectivity index (χ0) is 24.4. The van der Waals surface area contributed by atoms with Crippen molar-refractivity contribution in [2.45, 2.75) is 57.8 Å². The molecule has 1 amide bonds. The fourth-order valence-corrected chi connectivity index (χ4v) is 4.95. The van der Waals surface area contributed by atoms with Crippen LogP contribution >= 0.6 is 0 Å². The summed E-state index contributed by atoms with van der Waals surface area (Å²) in [7, 11) is 0. The smallest absolute Gasteiger partial charge is 0.259 e. The van der Waals surface area contributed by atoms with Crippen molar-refractivity contribution in [3.63, 3.8) is 0 Å². The number of anilines is 2. The highest BCUT2D eigenvalue weighted by molar-refractivity contribution is 6.04. The molecule has 1 aromatic carbocycles. The van der Waals surface area contributed by atoms with Crippen LogP contribution in [0.25, 0.3) is 16.8 Å². The lowest BCUT2D eigenvalue weighted by molar-refractivity contribution is 0.102. The number of nitrogens with one attached hydrogen (secondary N) is 1. The average Bonchev–Trinajstić information content (AvgIpc) is 3.26. The van der Waals surface area contributed by atoms with Crippen LogP contribution in [0.4, 0.5) is 16.0 Å². The number of aryl methyl sites for hydroxylation is 1. The molecule has 0 spiro atoms. The maximum Gasteiger partial charge on any atom is 0.259 e. The van der Waals surface area contributed by atoms with Crippen LogP contribution in [0.2, 0.25) is 0 Å². The number of nitrogens with two attached hydrogens (primary N) is 1. The zero-order valence-corrected chi connectivity index (χ0v) is 19.8. The summed E-state index contributed by atoms with van der Waals surface area (Å²) in [6.45, 7) is 2.08. The van der Waals surface area contributed by atoms with Gasteiger partial charge < -0.3 is 11.1 Å². The fourth-order valence-electron chi connectivity index (χ4n) is 4.95. The highest BCUT2D eigenvalue weighted by Gasteiger charge is 2.25. The van der Waals surface area contributed by atoms with Gasteiger partial charge in [-0.3, -0.25) is 9.20 Å². The quantitative estimate of drug-likeness (QED) is 0.371. The first kappa shape index (κ1) is 23.0. The Labute approximate surface area is 203 Å². The number of imidazole rings is 1. The Morgan fingerprint density at radius 3 is 2.74 bits per heavy atom. The van der Waals surface area contributed by atoms with Crippen LogP contribution in [-0.2, 0) is 6.42 Å². The molecule has 0 atom stereocenters. The number of carbonyl (C=O) groups excluding carboxylic acids is 1. The number of amides is 1. The highest BCUT2D eigenvalue weighted by atomic mass is 19.1. The van der Waals surface area contributed by atoms with Gasteiger partial charge in [0.1, 0.15) is 34.5 Å². The van der Waals surface area contributed by atoms with Crippen LogP contribution in [0.3, 0.4) is 0 Å². The van der Waals surface area contributed by atoms with Gasteiger partial charge in [0.15, 0.2) is 0 Å². The van der Waals surface area contributed by atoms with Crippen molar-refractivity contribution in [2.24, 2.45) is 0 Å². The first-order valence-electron chi connectivity index (χ1n) is 12.2. The van der Waals surface area contributed by atoms with Gasteiger partial charge in [-0.1, -0.05) is 38.7 Å². The van der Waals surface area contributed by atoms with Crippen molar-refractivity contribution in [2.75, 3.05) is 11.1 Å². The Kier molecular flexibility index (Phi) is 6.44. The van der Waals surface area contributed by atoms with Crippen LogP contribution in [0.15, 0.2) is 48.9 Å². The minimum absolute atomic E-state index is 0.0569. The summed E-state index contributed by atoms with van der Waals surface area (Å²) in [4.78, 5) is 26.1. The summed E-state index contributed by atoms with van der Waals surface area (Å²) in [6.07, 6.45) is 12.8. The topological polar surface area (TPSA) is 98.2 Å². The van der Waals surface area contributed by atoms with E-state index < -0.39 is 11.7 Å². The first-order valence-corrected chi connectivity index (χ1v) is 12.2. The number of fused-ring (bicyclic) bond motifs is 1. The highest BCUT2D eigenvalue weighted by Crippen LogP contribution is 2.37. The van der Waals surface area contributed by atoms with E-state index in [0.29, 0.717) is 34.3 Å². The molecule has 8 heteroatoms. The maximum absolute atomic E-state index is 15.2. The largest absolute Gasteiger partial charge is 0.382 e. The number of benzene rings is 1. The van der Waals surface area contributed by atoms with Crippen molar-refractivity contribution in [3.8, 4) is 11.3 Å². The monoisotopic (exact) mass is 472 g/mol. The summed E-state index contributed by atoms with van der Waals surface area (Å²) in [5.74, 6) is 0.834. The lowest BCUT2D eigenvalue weighted by Crippen LogP contribution is -2.15. The van der Waals surface area contributed by atoms with Gasteiger partial charge in [0.05, 0.1) is 5.56 Å². The Bertz CT molecular complexity index is 1380. The standard InChI is InChI=1S/C27H29FN6O/c1-2-6-17-11-12-30-22(15-17)32-27(35)20-10-9-19(16-21(20)28)23-24-25(29)31-13-14-34(24)26(33-23)18-7-4-3-5-8-18/h9-16,18H,2-8H2,1H3,(H2,29,31)(H,30,32,35). The molecular formula is C27H29FN6O. The van der Waals surface area contributed by atoms with Gasteiger partial charge in [0.25, 0.3) is 5.91 Å². The molecule has 3 aromatic heterocycles. The summed E-state index contributed by atoms with van der Waals surface area (Å²) < 4.78 is 17.2. The second kappa shape index (κ2) is 9.82. The number of carbonyl (C=O) groups is 1. The second-order valence-electron chi connectivity index (χ2n) is 9.13. The van der Waals surface area contributed by atoms with Crippen LogP contribution in [0.1, 0.15) is 73.1 Å². The minimum Gasteiger partial charge on any atom is -0.382 e. The maximum atomic E-state index is 15.2. The Morgan fingerprint density at radius 1 is 1.14 bits per heavy atom. The van der Waals surface area contributed by atoms with Crippen molar-refractivity contribution < 1.29 is 9.18 Å². The van der Waals surface area contributed by atoms with Crippen molar-refractivity contribution in [1.29, 1.82) is 0 Å². The molecule has 5 rings (SSSR count). The first-order chi connectivity index (χ1) is 17.0. The molecule has 1 fully saturated rings. The number of pyridine rings is 1. The summed E-state index contributed by atoms with van der Waals surface area (Å²) in [5, 5.41) is 2.70. The van der Waals surface area contributed by atoms with Crippen LogP contribution in [0, 0.1) is 5.82 Å². The second-order valence-corrected chi connectivity index (χ2v) is 9.13. The predicted octanol–water partition coefficient (Wildman–Crippen LogP) is 5.77. The van der Waals surface area contributed by atoms with Gasteiger partial charge >= 0.3 is 0 Å². The van der Waals surface area contributed by atoms with E-state index >= 15 is 4.39 Å². The van der Waals surface area contributed by atoms with Gasteiger partial charge in [0, 0.05) is 30.1 Å². The van der Waals surface area contributed by atoms with E-state index in [-0.39, 0.29) is 5.56 Å². The average molecular weight is 473 g/mol. The van der Waals surface area contributed by atoms with E-state index in [1.54, 1.807) is 18.5 Å². The van der Waals surface area contributed by atoms with Gasteiger partial charge in [-0.05, 0) is 49.1 Å². The molecule has 3 heterocycles. The molecule has 0 aliphatic heterocycles. The van der Waals surface area contributed by atoms with Gasteiger partial charge in [-0.2, -0.15) is 0 Å². The zero-order valence-electron chi connectivity index (χ0n) is 19.8. The number of nitrogens with zero attached hydrogens (tertiary/aromatic N) is 4. The van der Waals surface area contributed by atoms with Crippen molar-refractivity contribution >= 4 is 23.1 Å². The van der Waals surface area contributed by atoms with E-state index in [0.717, 1.165) is 37.1 Å². The Balaban J connectivity index is 1.47. The van der Waals surface area contributed by atoms with Gasteiger partial charge in [-0.25, -0.2) is 19.3 Å². The van der Waals surface area contributed by atoms with Gasteiger partial charge in [-0.15, -0.1) is 0 Å². The number of hydrogen-bond acceptors (Lipinski definition) is 5. The van der Waals surface area contributed by atoms with Crippen LogP contribution < -0.4 is 11.1 Å². The van der Waals surface area contributed by atoms with Crippen LogP contribution in [0.5, 0.6) is 0 Å². The lowest BCUT2D eigenvalue weighted by atomic mass is 9.89. The third kappa shape index (κ3) is 4.60. The van der Waals surface area contributed by atoms with E-state index in [2.05, 4.69) is 22.2 Å². The lowest BCUT2D eigenvalue weighted by Gasteiger charge is -2.20. The number of nitrogen functional groups attached to an aromatic ring is 1. The van der Waals surface area contributed by atoms with Crippen LogP contribution in [-0.4, -0.2) is 25.3 Å². The summed E-state index contributed by atoms with van der Waals surface area (Å²) in [5.41, 5.74) is 9.05. The van der Waals surface area contributed by atoms with E-state index in [1.807, 2.05) is 22.7 Å².